The van der Waals surface area contributed by atoms with E-state index in [0.717, 1.165) is 5.52 Å². The Bertz CT molecular complexity index is 713. The summed E-state index contributed by atoms with van der Waals surface area (Å²) in [6.45, 7) is 0.601. The number of rotatable bonds is 6. The zero-order chi connectivity index (χ0) is 15.8. The van der Waals surface area contributed by atoms with Crippen molar-refractivity contribution in [3.05, 3.63) is 36.2 Å². The first kappa shape index (κ1) is 15.3. The molecule has 22 heavy (non-hydrogen) atoms. The van der Waals surface area contributed by atoms with Gasteiger partial charge in [0.05, 0.1) is 25.0 Å². The molecule has 0 bridgehead atoms. The largest absolute Gasteiger partial charge is 0.437 e. The lowest BCUT2D eigenvalue weighted by Crippen LogP contribution is -2.31. The molecule has 2 aromatic rings. The molecule has 0 aliphatic carbocycles. The normalized spacial score (nSPS) is 10.5. The van der Waals surface area contributed by atoms with E-state index in [4.69, 9.17) is 14.9 Å². The molecule has 1 heterocycles. The topological polar surface area (TPSA) is 93.9 Å². The summed E-state index contributed by atoms with van der Waals surface area (Å²) in [5.74, 6) is 0.0721. The fourth-order valence-electron chi connectivity index (χ4n) is 1.91. The third-order valence-electron chi connectivity index (χ3n) is 2.98. The molecule has 0 unspecified atom stereocenters. The molecule has 0 N–H and O–H groups in total. The highest BCUT2D eigenvalue weighted by Crippen LogP contribution is 2.15. The first-order valence-electron chi connectivity index (χ1n) is 6.81. The van der Waals surface area contributed by atoms with Crippen LogP contribution in [0.5, 0.6) is 0 Å². The molecular weight excluding hydrogens is 280 g/mol. The summed E-state index contributed by atoms with van der Waals surface area (Å²) >= 11 is 0. The number of oxazole rings is 1. The Morgan fingerprint density at radius 1 is 1.23 bits per heavy atom. The monoisotopic (exact) mass is 294 g/mol. The van der Waals surface area contributed by atoms with E-state index in [-0.39, 0.29) is 18.7 Å². The summed E-state index contributed by atoms with van der Waals surface area (Å²) in [6, 6.07) is 11.3. The van der Waals surface area contributed by atoms with Crippen molar-refractivity contribution in [2.24, 2.45) is 0 Å². The lowest BCUT2D eigenvalue weighted by Gasteiger charge is -2.17. The van der Waals surface area contributed by atoms with Crippen LogP contribution in [0.3, 0.4) is 0 Å². The van der Waals surface area contributed by atoms with E-state index in [1.165, 1.54) is 17.1 Å². The highest BCUT2D eigenvalue weighted by molar-refractivity contribution is 5.91. The van der Waals surface area contributed by atoms with E-state index in [0.29, 0.717) is 24.6 Å². The van der Waals surface area contributed by atoms with E-state index in [2.05, 4.69) is 4.98 Å². The number of benzene rings is 1. The molecule has 2 rings (SSSR count). The molecule has 0 spiro atoms. The van der Waals surface area contributed by atoms with E-state index in [1.54, 1.807) is 6.07 Å². The highest BCUT2D eigenvalue weighted by atomic mass is 16.3. The third-order valence-corrected chi connectivity index (χ3v) is 2.98. The fraction of sp³-hybridized carbons (Fsp3) is 0.250. The smallest absolute Gasteiger partial charge is 0.246 e. The average molecular weight is 294 g/mol. The van der Waals surface area contributed by atoms with Crippen molar-refractivity contribution in [2.45, 2.75) is 12.8 Å². The number of nitriles is 2. The lowest BCUT2D eigenvalue weighted by atomic mass is 10.3. The molecule has 0 aliphatic rings. The maximum Gasteiger partial charge on any atom is 0.246 e. The van der Waals surface area contributed by atoms with Crippen LogP contribution in [-0.4, -0.2) is 28.9 Å². The Morgan fingerprint density at radius 2 is 1.91 bits per heavy atom. The molecule has 0 saturated heterocycles. The van der Waals surface area contributed by atoms with Crippen molar-refractivity contribution in [1.82, 2.24) is 9.88 Å². The zero-order valence-corrected chi connectivity index (χ0v) is 11.9. The van der Waals surface area contributed by atoms with Crippen molar-refractivity contribution < 1.29 is 9.21 Å². The van der Waals surface area contributed by atoms with Gasteiger partial charge in [0.25, 0.3) is 0 Å². The van der Waals surface area contributed by atoms with Crippen LogP contribution in [0.25, 0.3) is 17.2 Å². The Hall–Kier alpha value is -3.12. The van der Waals surface area contributed by atoms with E-state index in [9.17, 15) is 4.79 Å². The minimum Gasteiger partial charge on any atom is -0.437 e. The van der Waals surface area contributed by atoms with Crippen LogP contribution in [0.2, 0.25) is 0 Å². The maximum absolute atomic E-state index is 12.1. The Kier molecular flexibility index (Phi) is 5.28. The minimum atomic E-state index is -0.271. The summed E-state index contributed by atoms with van der Waals surface area (Å²) in [5.41, 5.74) is 1.38. The van der Waals surface area contributed by atoms with Gasteiger partial charge in [-0.05, 0) is 12.1 Å². The van der Waals surface area contributed by atoms with Gasteiger partial charge in [0.2, 0.25) is 11.8 Å². The number of nitrogens with zero attached hydrogens (tertiary/aromatic N) is 4. The molecule has 0 atom stereocenters. The molecule has 6 heteroatoms. The van der Waals surface area contributed by atoms with Crippen LogP contribution >= 0.6 is 0 Å². The number of amides is 1. The molecule has 1 aromatic carbocycles. The van der Waals surface area contributed by atoms with Crippen molar-refractivity contribution in [3.63, 3.8) is 0 Å². The van der Waals surface area contributed by atoms with Crippen molar-refractivity contribution in [3.8, 4) is 12.1 Å². The number of hydrogen-bond donors (Lipinski definition) is 0. The van der Waals surface area contributed by atoms with Crippen molar-refractivity contribution in [2.75, 3.05) is 13.1 Å². The molecular formula is C16H14N4O2. The molecule has 6 nitrogen and oxygen atoms in total. The van der Waals surface area contributed by atoms with Gasteiger partial charge in [-0.25, -0.2) is 4.98 Å². The van der Waals surface area contributed by atoms with Gasteiger partial charge in [-0.3, -0.25) is 4.79 Å². The maximum atomic E-state index is 12.1. The number of hydrogen-bond acceptors (Lipinski definition) is 5. The quantitative estimate of drug-likeness (QED) is 0.763. The van der Waals surface area contributed by atoms with Crippen LogP contribution in [0.15, 0.2) is 34.8 Å². The van der Waals surface area contributed by atoms with Gasteiger partial charge in [-0.2, -0.15) is 10.5 Å². The number of carbonyl (C=O) groups is 1. The highest BCUT2D eigenvalue weighted by Gasteiger charge is 2.10. The number of para-hydroxylation sites is 2. The van der Waals surface area contributed by atoms with Gasteiger partial charge in [0, 0.05) is 25.2 Å². The molecule has 0 radical (unpaired) electrons. The summed E-state index contributed by atoms with van der Waals surface area (Å²) in [6.07, 6.45) is 3.30. The summed E-state index contributed by atoms with van der Waals surface area (Å²) < 4.78 is 5.49. The van der Waals surface area contributed by atoms with Crippen molar-refractivity contribution >= 4 is 23.1 Å². The van der Waals surface area contributed by atoms with Crippen LogP contribution in [0, 0.1) is 22.7 Å². The zero-order valence-electron chi connectivity index (χ0n) is 11.9. The van der Waals surface area contributed by atoms with E-state index in [1.807, 2.05) is 30.3 Å². The predicted octanol–water partition coefficient (Wildman–Crippen LogP) is 2.50. The first-order valence-corrected chi connectivity index (χ1v) is 6.81. The second-order valence-electron chi connectivity index (χ2n) is 4.49. The molecule has 1 amide bonds. The second kappa shape index (κ2) is 7.61. The van der Waals surface area contributed by atoms with Gasteiger partial charge in [0.15, 0.2) is 5.58 Å². The minimum absolute atomic E-state index is 0.230. The van der Waals surface area contributed by atoms with E-state index < -0.39 is 0 Å². The van der Waals surface area contributed by atoms with Crippen molar-refractivity contribution in [1.29, 1.82) is 10.5 Å². The van der Waals surface area contributed by atoms with Gasteiger partial charge in [-0.1, -0.05) is 12.1 Å². The van der Waals surface area contributed by atoms with Crippen LogP contribution in [0.1, 0.15) is 18.7 Å². The number of aromatic nitrogens is 1. The van der Waals surface area contributed by atoms with Gasteiger partial charge in [-0.15, -0.1) is 0 Å². The number of fused-ring (bicyclic) bond motifs is 1. The van der Waals surface area contributed by atoms with E-state index >= 15 is 0 Å². The van der Waals surface area contributed by atoms with Crippen LogP contribution in [0.4, 0.5) is 0 Å². The summed E-state index contributed by atoms with van der Waals surface area (Å²) in [5, 5.41) is 17.2. The second-order valence-corrected chi connectivity index (χ2v) is 4.49. The Balaban J connectivity index is 2.07. The van der Waals surface area contributed by atoms with Crippen LogP contribution in [-0.2, 0) is 4.79 Å². The Morgan fingerprint density at radius 3 is 2.55 bits per heavy atom. The van der Waals surface area contributed by atoms with Crippen LogP contribution < -0.4 is 0 Å². The third kappa shape index (κ3) is 3.94. The first-order chi connectivity index (χ1) is 10.7. The lowest BCUT2D eigenvalue weighted by molar-refractivity contribution is -0.125. The SMILES string of the molecule is N#CCCN(CCC#N)C(=O)/C=C/c1nc2ccccc2o1. The molecule has 0 fully saturated rings. The Labute approximate surface area is 127 Å². The molecule has 0 saturated carbocycles. The fourth-order valence-corrected chi connectivity index (χ4v) is 1.91. The summed E-state index contributed by atoms with van der Waals surface area (Å²) in [7, 11) is 0. The van der Waals surface area contributed by atoms with Gasteiger partial charge >= 0.3 is 0 Å². The standard InChI is InChI=1S/C16H14N4O2/c17-9-3-11-20(12-4-10-18)16(21)8-7-15-19-13-5-1-2-6-14(13)22-15/h1-2,5-8H,3-4,11-12H2/b8-7+. The van der Waals surface area contributed by atoms with Gasteiger partial charge in [0.1, 0.15) is 5.52 Å². The molecule has 110 valence electrons. The summed E-state index contributed by atoms with van der Waals surface area (Å²) in [4.78, 5) is 17.8. The molecule has 0 aliphatic heterocycles. The average Bonchev–Trinajstić information content (AvgIpc) is 2.95. The van der Waals surface area contributed by atoms with Gasteiger partial charge < -0.3 is 9.32 Å². The predicted molar refractivity (Wildman–Crippen MR) is 80.1 cm³/mol. The molecule has 1 aromatic heterocycles. The number of carbonyl (C=O) groups excluding carboxylic acids is 1.